The summed E-state index contributed by atoms with van der Waals surface area (Å²) >= 11 is 0. The number of aryl methyl sites for hydroxylation is 2. The van der Waals surface area contributed by atoms with Gasteiger partial charge in [-0.1, -0.05) is 12.1 Å². The number of oxazole rings is 1. The molecule has 3 rings (SSSR count). The molecule has 1 amide bonds. The lowest BCUT2D eigenvalue weighted by molar-refractivity contribution is -0.116. The predicted molar refractivity (Wildman–Crippen MR) is 103 cm³/mol. The zero-order valence-electron chi connectivity index (χ0n) is 15.6. The number of nitrogens with zero attached hydrogens (tertiary/aromatic N) is 1. The molecule has 0 saturated heterocycles. The minimum absolute atomic E-state index is 0.0811. The Labute approximate surface area is 158 Å². The van der Waals surface area contributed by atoms with Crippen molar-refractivity contribution in [2.24, 2.45) is 0 Å². The number of rotatable bonds is 7. The van der Waals surface area contributed by atoms with Gasteiger partial charge in [-0.3, -0.25) is 4.79 Å². The van der Waals surface area contributed by atoms with Gasteiger partial charge in [-0.05, 0) is 36.8 Å². The summed E-state index contributed by atoms with van der Waals surface area (Å²) in [6, 6.07) is 13.2. The molecule has 0 saturated carbocycles. The van der Waals surface area contributed by atoms with Crippen LogP contribution in [0.3, 0.4) is 0 Å². The highest BCUT2D eigenvalue weighted by Gasteiger charge is 2.13. The van der Waals surface area contributed by atoms with Crippen LogP contribution in [-0.2, 0) is 11.2 Å². The maximum atomic E-state index is 12.1. The van der Waals surface area contributed by atoms with Crippen LogP contribution in [-0.4, -0.2) is 25.1 Å². The van der Waals surface area contributed by atoms with Crippen LogP contribution in [0.1, 0.15) is 17.9 Å². The second-order valence-electron chi connectivity index (χ2n) is 6.10. The van der Waals surface area contributed by atoms with Crippen molar-refractivity contribution in [2.45, 2.75) is 19.8 Å². The molecule has 2 aromatic carbocycles. The van der Waals surface area contributed by atoms with E-state index in [1.807, 2.05) is 43.3 Å². The highest BCUT2D eigenvalue weighted by molar-refractivity contribution is 5.90. The smallest absolute Gasteiger partial charge is 0.224 e. The Bertz CT molecular complexity index is 933. The quantitative estimate of drug-likeness (QED) is 0.677. The van der Waals surface area contributed by atoms with Crippen molar-refractivity contribution in [3.8, 4) is 22.8 Å². The first-order valence-electron chi connectivity index (χ1n) is 8.62. The molecule has 0 aliphatic rings. The van der Waals surface area contributed by atoms with E-state index < -0.39 is 0 Å². The SMILES string of the molecule is COc1ccc(-c2cnc(CCC(=O)Nc3cccc(C)c3)o2)c(OC)c1. The monoisotopic (exact) mass is 366 g/mol. The van der Waals surface area contributed by atoms with Crippen molar-refractivity contribution in [2.75, 3.05) is 19.5 Å². The van der Waals surface area contributed by atoms with E-state index in [9.17, 15) is 4.79 Å². The number of ether oxygens (including phenoxy) is 2. The third-order valence-corrected chi connectivity index (χ3v) is 4.10. The van der Waals surface area contributed by atoms with Gasteiger partial charge >= 0.3 is 0 Å². The number of methoxy groups -OCH3 is 2. The fraction of sp³-hybridized carbons (Fsp3) is 0.238. The van der Waals surface area contributed by atoms with Gasteiger partial charge in [0.1, 0.15) is 11.5 Å². The van der Waals surface area contributed by atoms with E-state index in [1.165, 1.54) is 0 Å². The van der Waals surface area contributed by atoms with Crippen LogP contribution in [0.5, 0.6) is 11.5 Å². The largest absolute Gasteiger partial charge is 0.497 e. The van der Waals surface area contributed by atoms with Gasteiger partial charge in [0.15, 0.2) is 11.7 Å². The van der Waals surface area contributed by atoms with Crippen molar-refractivity contribution < 1.29 is 18.7 Å². The number of amides is 1. The number of hydrogen-bond acceptors (Lipinski definition) is 5. The summed E-state index contributed by atoms with van der Waals surface area (Å²) in [6.07, 6.45) is 2.34. The molecule has 0 aliphatic carbocycles. The maximum absolute atomic E-state index is 12.1. The van der Waals surface area contributed by atoms with Gasteiger partial charge in [0.05, 0.1) is 26.0 Å². The first-order chi connectivity index (χ1) is 13.1. The van der Waals surface area contributed by atoms with Gasteiger partial charge in [0.25, 0.3) is 0 Å². The minimum Gasteiger partial charge on any atom is -0.497 e. The number of carbonyl (C=O) groups excluding carboxylic acids is 1. The molecule has 0 atom stereocenters. The molecule has 6 heteroatoms. The van der Waals surface area contributed by atoms with Crippen LogP contribution in [0.2, 0.25) is 0 Å². The summed E-state index contributed by atoms with van der Waals surface area (Å²) in [6.45, 7) is 1.98. The first kappa shape index (κ1) is 18.5. The molecule has 1 N–H and O–H groups in total. The summed E-state index contributed by atoms with van der Waals surface area (Å²) in [5, 5.41) is 2.88. The third-order valence-electron chi connectivity index (χ3n) is 4.10. The van der Waals surface area contributed by atoms with Crippen molar-refractivity contribution >= 4 is 11.6 Å². The van der Waals surface area contributed by atoms with E-state index in [0.29, 0.717) is 29.6 Å². The molecular formula is C21H22N2O4. The first-order valence-corrected chi connectivity index (χ1v) is 8.62. The van der Waals surface area contributed by atoms with Gasteiger partial charge < -0.3 is 19.2 Å². The molecule has 0 unspecified atom stereocenters. The Morgan fingerprint density at radius 1 is 1.15 bits per heavy atom. The van der Waals surface area contributed by atoms with Crippen LogP contribution in [0.4, 0.5) is 5.69 Å². The Morgan fingerprint density at radius 2 is 2.00 bits per heavy atom. The third kappa shape index (κ3) is 4.67. The molecule has 27 heavy (non-hydrogen) atoms. The van der Waals surface area contributed by atoms with Crippen molar-refractivity contribution in [3.05, 3.63) is 60.1 Å². The molecule has 0 fully saturated rings. The highest BCUT2D eigenvalue weighted by atomic mass is 16.5. The van der Waals surface area contributed by atoms with E-state index in [0.717, 1.165) is 16.8 Å². The Balaban J connectivity index is 1.63. The van der Waals surface area contributed by atoms with Crippen LogP contribution < -0.4 is 14.8 Å². The Morgan fingerprint density at radius 3 is 2.74 bits per heavy atom. The fourth-order valence-corrected chi connectivity index (χ4v) is 2.72. The van der Waals surface area contributed by atoms with Gasteiger partial charge in [0.2, 0.25) is 5.91 Å². The highest BCUT2D eigenvalue weighted by Crippen LogP contribution is 2.33. The zero-order chi connectivity index (χ0) is 19.2. The van der Waals surface area contributed by atoms with Crippen LogP contribution in [0.15, 0.2) is 53.1 Å². The summed E-state index contributed by atoms with van der Waals surface area (Å²) in [5.41, 5.74) is 2.66. The number of hydrogen-bond donors (Lipinski definition) is 1. The summed E-state index contributed by atoms with van der Waals surface area (Å²) in [4.78, 5) is 16.4. The molecule has 0 aliphatic heterocycles. The van der Waals surface area contributed by atoms with E-state index in [-0.39, 0.29) is 12.3 Å². The van der Waals surface area contributed by atoms with E-state index >= 15 is 0 Å². The van der Waals surface area contributed by atoms with Crippen molar-refractivity contribution in [1.82, 2.24) is 4.98 Å². The van der Waals surface area contributed by atoms with Crippen LogP contribution in [0, 0.1) is 6.92 Å². The fourth-order valence-electron chi connectivity index (χ4n) is 2.72. The topological polar surface area (TPSA) is 73.6 Å². The number of nitrogens with one attached hydrogen (secondary N) is 1. The molecular weight excluding hydrogens is 344 g/mol. The number of carbonyl (C=O) groups is 1. The molecule has 0 spiro atoms. The molecule has 0 radical (unpaired) electrons. The predicted octanol–water partition coefficient (Wildman–Crippen LogP) is 4.24. The van der Waals surface area contributed by atoms with E-state index in [1.54, 1.807) is 26.5 Å². The summed E-state index contributed by atoms with van der Waals surface area (Å²) < 4.78 is 16.4. The lowest BCUT2D eigenvalue weighted by atomic mass is 10.1. The Hall–Kier alpha value is -3.28. The maximum Gasteiger partial charge on any atom is 0.224 e. The molecule has 0 bridgehead atoms. The minimum atomic E-state index is -0.0811. The zero-order valence-corrected chi connectivity index (χ0v) is 15.6. The standard InChI is InChI=1S/C21H22N2O4/c1-14-5-4-6-15(11-14)23-20(24)9-10-21-22-13-19(27-21)17-8-7-16(25-2)12-18(17)26-3/h4-8,11-13H,9-10H2,1-3H3,(H,23,24). The second kappa shape index (κ2) is 8.40. The molecule has 1 heterocycles. The number of aromatic nitrogens is 1. The van der Waals surface area contributed by atoms with Gasteiger partial charge in [-0.15, -0.1) is 0 Å². The lowest BCUT2D eigenvalue weighted by Gasteiger charge is -2.08. The van der Waals surface area contributed by atoms with Crippen molar-refractivity contribution in [3.63, 3.8) is 0 Å². The average molecular weight is 366 g/mol. The summed E-state index contributed by atoms with van der Waals surface area (Å²) in [7, 11) is 3.19. The van der Waals surface area contributed by atoms with Gasteiger partial charge in [0, 0.05) is 24.6 Å². The molecule has 6 nitrogen and oxygen atoms in total. The van der Waals surface area contributed by atoms with E-state index in [4.69, 9.17) is 13.9 Å². The number of anilines is 1. The lowest BCUT2D eigenvalue weighted by Crippen LogP contribution is -2.12. The summed E-state index contributed by atoms with van der Waals surface area (Å²) in [5.74, 6) is 2.34. The molecule has 140 valence electrons. The molecule has 3 aromatic rings. The number of benzene rings is 2. The Kier molecular flexibility index (Phi) is 5.76. The molecule has 1 aromatic heterocycles. The van der Waals surface area contributed by atoms with Crippen LogP contribution in [0.25, 0.3) is 11.3 Å². The van der Waals surface area contributed by atoms with Gasteiger partial charge in [-0.25, -0.2) is 4.98 Å². The van der Waals surface area contributed by atoms with Gasteiger partial charge in [-0.2, -0.15) is 0 Å². The van der Waals surface area contributed by atoms with Crippen molar-refractivity contribution in [1.29, 1.82) is 0 Å². The van der Waals surface area contributed by atoms with E-state index in [2.05, 4.69) is 10.3 Å². The van der Waals surface area contributed by atoms with Crippen LogP contribution >= 0.6 is 0 Å². The normalized spacial score (nSPS) is 10.5. The second-order valence-corrected chi connectivity index (χ2v) is 6.10. The average Bonchev–Trinajstić information content (AvgIpc) is 3.14.